The number of hydrogen-bond donors (Lipinski definition) is 2. The van der Waals surface area contributed by atoms with Gasteiger partial charge >= 0.3 is 0 Å². The van der Waals surface area contributed by atoms with Crippen molar-refractivity contribution in [2.45, 2.75) is 34.1 Å². The summed E-state index contributed by atoms with van der Waals surface area (Å²) >= 11 is 0. The number of nitrogens with one attached hydrogen (secondary N) is 1. The largest absolute Gasteiger partial charge is 0.384 e. The molecule has 0 aliphatic carbocycles. The lowest BCUT2D eigenvalue weighted by molar-refractivity contribution is 0.365. The van der Waals surface area contributed by atoms with E-state index in [1.165, 1.54) is 16.8 Å². The van der Waals surface area contributed by atoms with E-state index < -0.39 is 0 Å². The van der Waals surface area contributed by atoms with Crippen molar-refractivity contribution < 1.29 is 0 Å². The molecule has 90 valence electrons. The van der Waals surface area contributed by atoms with Gasteiger partial charge in [0.1, 0.15) is 0 Å². The lowest BCUT2D eigenvalue weighted by Crippen LogP contribution is -2.26. The van der Waals surface area contributed by atoms with Crippen LogP contribution in [-0.4, -0.2) is 13.1 Å². The number of rotatable bonds is 5. The zero-order chi connectivity index (χ0) is 12.2. The maximum absolute atomic E-state index is 5.61. The molecule has 0 spiro atoms. The highest BCUT2D eigenvalue weighted by atomic mass is 14.9. The second-order valence-corrected chi connectivity index (χ2v) is 5.37. The second-order valence-electron chi connectivity index (χ2n) is 5.37. The Morgan fingerprint density at radius 3 is 2.50 bits per heavy atom. The molecular formula is C14H24N2. The van der Waals surface area contributed by atoms with E-state index in [9.17, 15) is 0 Å². The van der Waals surface area contributed by atoms with E-state index in [0.717, 1.165) is 19.5 Å². The molecule has 0 unspecified atom stereocenters. The zero-order valence-electron chi connectivity index (χ0n) is 10.9. The minimum absolute atomic E-state index is 0.256. The van der Waals surface area contributed by atoms with E-state index in [2.05, 4.69) is 51.2 Å². The van der Waals surface area contributed by atoms with E-state index in [-0.39, 0.29) is 5.41 Å². The molecule has 2 heteroatoms. The number of anilines is 1. The van der Waals surface area contributed by atoms with Crippen molar-refractivity contribution in [2.75, 3.05) is 18.4 Å². The predicted molar refractivity (Wildman–Crippen MR) is 71.9 cm³/mol. The van der Waals surface area contributed by atoms with Crippen LogP contribution in [0.5, 0.6) is 0 Å². The molecule has 0 saturated heterocycles. The van der Waals surface area contributed by atoms with Gasteiger partial charge in [0.25, 0.3) is 0 Å². The molecule has 0 bridgehead atoms. The maximum atomic E-state index is 5.61. The van der Waals surface area contributed by atoms with Crippen molar-refractivity contribution in [3.05, 3.63) is 29.3 Å². The monoisotopic (exact) mass is 220 g/mol. The average molecular weight is 220 g/mol. The standard InChI is InChI=1S/C14H24N2/c1-11-5-6-13(12(2)9-11)16-10-14(3,4)7-8-15/h5-6,9,16H,7-8,10,15H2,1-4H3. The van der Waals surface area contributed by atoms with Gasteiger partial charge in [-0.2, -0.15) is 0 Å². The third-order valence-corrected chi connectivity index (χ3v) is 2.96. The third kappa shape index (κ3) is 3.86. The Hall–Kier alpha value is -1.02. The molecule has 2 nitrogen and oxygen atoms in total. The normalized spacial score (nSPS) is 11.6. The fourth-order valence-corrected chi connectivity index (χ4v) is 1.83. The Morgan fingerprint density at radius 1 is 1.25 bits per heavy atom. The van der Waals surface area contributed by atoms with Crippen LogP contribution in [-0.2, 0) is 0 Å². The summed E-state index contributed by atoms with van der Waals surface area (Å²) in [6.07, 6.45) is 1.05. The van der Waals surface area contributed by atoms with Crippen LogP contribution >= 0.6 is 0 Å². The summed E-state index contributed by atoms with van der Waals surface area (Å²) in [5.41, 5.74) is 9.71. The topological polar surface area (TPSA) is 38.0 Å². The van der Waals surface area contributed by atoms with Crippen LogP contribution < -0.4 is 11.1 Å². The van der Waals surface area contributed by atoms with Crippen LogP contribution in [0.25, 0.3) is 0 Å². The summed E-state index contributed by atoms with van der Waals surface area (Å²) in [4.78, 5) is 0. The first-order chi connectivity index (χ1) is 7.44. The molecule has 0 atom stereocenters. The minimum Gasteiger partial charge on any atom is -0.384 e. The predicted octanol–water partition coefficient (Wildman–Crippen LogP) is 3.09. The van der Waals surface area contributed by atoms with Gasteiger partial charge in [0, 0.05) is 12.2 Å². The van der Waals surface area contributed by atoms with Crippen LogP contribution in [0.2, 0.25) is 0 Å². The van der Waals surface area contributed by atoms with E-state index in [1.807, 2.05) is 0 Å². The maximum Gasteiger partial charge on any atom is 0.0370 e. The summed E-state index contributed by atoms with van der Waals surface area (Å²) in [5, 5.41) is 3.51. The Morgan fingerprint density at radius 2 is 1.94 bits per heavy atom. The zero-order valence-corrected chi connectivity index (χ0v) is 10.9. The number of nitrogens with two attached hydrogens (primary N) is 1. The lowest BCUT2D eigenvalue weighted by Gasteiger charge is -2.25. The molecule has 0 aromatic heterocycles. The van der Waals surface area contributed by atoms with Crippen molar-refractivity contribution in [1.29, 1.82) is 0 Å². The van der Waals surface area contributed by atoms with Gasteiger partial charge in [-0.05, 0) is 43.9 Å². The first-order valence-electron chi connectivity index (χ1n) is 5.96. The number of aryl methyl sites for hydroxylation is 2. The smallest absolute Gasteiger partial charge is 0.0370 e. The third-order valence-electron chi connectivity index (χ3n) is 2.96. The molecule has 16 heavy (non-hydrogen) atoms. The first-order valence-corrected chi connectivity index (χ1v) is 5.96. The Bertz CT molecular complexity index is 343. The fourth-order valence-electron chi connectivity index (χ4n) is 1.83. The summed E-state index contributed by atoms with van der Waals surface area (Å²) in [6.45, 7) is 10.5. The van der Waals surface area contributed by atoms with Gasteiger partial charge < -0.3 is 11.1 Å². The minimum atomic E-state index is 0.256. The van der Waals surface area contributed by atoms with Gasteiger partial charge in [-0.15, -0.1) is 0 Å². The number of hydrogen-bond acceptors (Lipinski definition) is 2. The Balaban J connectivity index is 2.61. The molecule has 1 aromatic carbocycles. The van der Waals surface area contributed by atoms with Gasteiger partial charge in [0.15, 0.2) is 0 Å². The number of benzene rings is 1. The quantitative estimate of drug-likeness (QED) is 0.800. The lowest BCUT2D eigenvalue weighted by atomic mass is 9.89. The van der Waals surface area contributed by atoms with Gasteiger partial charge in [-0.3, -0.25) is 0 Å². The first kappa shape index (κ1) is 13.0. The molecular weight excluding hydrogens is 196 g/mol. The molecule has 0 aliphatic rings. The van der Waals surface area contributed by atoms with Crippen LogP contribution in [0, 0.1) is 19.3 Å². The molecule has 0 radical (unpaired) electrons. The van der Waals surface area contributed by atoms with Crippen molar-refractivity contribution in [1.82, 2.24) is 0 Å². The van der Waals surface area contributed by atoms with E-state index in [1.54, 1.807) is 0 Å². The molecule has 0 heterocycles. The summed E-state index contributed by atoms with van der Waals surface area (Å²) in [5.74, 6) is 0. The second kappa shape index (κ2) is 5.35. The Kier molecular flexibility index (Phi) is 4.36. The van der Waals surface area contributed by atoms with E-state index in [4.69, 9.17) is 5.73 Å². The molecule has 0 amide bonds. The molecule has 0 fully saturated rings. The average Bonchev–Trinajstić information content (AvgIpc) is 2.16. The summed E-state index contributed by atoms with van der Waals surface area (Å²) in [6, 6.07) is 6.51. The van der Waals surface area contributed by atoms with Crippen molar-refractivity contribution in [3.8, 4) is 0 Å². The van der Waals surface area contributed by atoms with Crippen molar-refractivity contribution >= 4 is 5.69 Å². The highest BCUT2D eigenvalue weighted by Gasteiger charge is 2.16. The van der Waals surface area contributed by atoms with Crippen LogP contribution in [0.4, 0.5) is 5.69 Å². The van der Waals surface area contributed by atoms with Gasteiger partial charge in [-0.1, -0.05) is 31.5 Å². The van der Waals surface area contributed by atoms with E-state index in [0.29, 0.717) is 0 Å². The molecule has 1 rings (SSSR count). The Labute approximate surface area is 99.2 Å². The summed E-state index contributed by atoms with van der Waals surface area (Å²) < 4.78 is 0. The van der Waals surface area contributed by atoms with Crippen molar-refractivity contribution in [3.63, 3.8) is 0 Å². The summed E-state index contributed by atoms with van der Waals surface area (Å²) in [7, 11) is 0. The fraction of sp³-hybridized carbons (Fsp3) is 0.571. The highest BCUT2D eigenvalue weighted by molar-refractivity contribution is 5.51. The molecule has 0 aliphatic heterocycles. The van der Waals surface area contributed by atoms with Crippen LogP contribution in [0.1, 0.15) is 31.4 Å². The van der Waals surface area contributed by atoms with Gasteiger partial charge in [0.2, 0.25) is 0 Å². The van der Waals surface area contributed by atoms with Gasteiger partial charge in [-0.25, -0.2) is 0 Å². The van der Waals surface area contributed by atoms with Crippen molar-refractivity contribution in [2.24, 2.45) is 11.1 Å². The molecule has 1 aromatic rings. The van der Waals surface area contributed by atoms with E-state index >= 15 is 0 Å². The van der Waals surface area contributed by atoms with Crippen LogP contribution in [0.15, 0.2) is 18.2 Å². The van der Waals surface area contributed by atoms with Gasteiger partial charge in [0.05, 0.1) is 0 Å². The highest BCUT2D eigenvalue weighted by Crippen LogP contribution is 2.22. The SMILES string of the molecule is Cc1ccc(NCC(C)(C)CCN)c(C)c1. The van der Waals surface area contributed by atoms with Crippen LogP contribution in [0.3, 0.4) is 0 Å². The molecule has 0 saturated carbocycles. The molecule has 3 N–H and O–H groups in total.